The summed E-state index contributed by atoms with van der Waals surface area (Å²) in [4.78, 5) is 34.9. The Labute approximate surface area is 221 Å². The number of non-ortho nitro benzene ring substituents is 2. The zero-order valence-electron chi connectivity index (χ0n) is 21.3. The molecule has 2 aromatic rings. The fourth-order valence-corrected chi connectivity index (χ4v) is 5.10. The van der Waals surface area contributed by atoms with E-state index in [4.69, 9.17) is 9.47 Å². The number of allylic oxidation sites excluding steroid dienone is 4. The molecule has 0 saturated heterocycles. The second-order valence-electron chi connectivity index (χ2n) is 9.76. The number of nitro groups is 2. The molecule has 0 spiro atoms. The molecule has 0 aromatic heterocycles. The molecule has 200 valence electrons. The molecule has 4 rings (SSSR count). The third-order valence-electron chi connectivity index (χ3n) is 7.10. The van der Waals surface area contributed by atoms with E-state index in [1.165, 1.54) is 36.4 Å². The van der Waals surface area contributed by atoms with Gasteiger partial charge < -0.3 is 9.47 Å². The van der Waals surface area contributed by atoms with Gasteiger partial charge in [0.1, 0.15) is 11.5 Å². The van der Waals surface area contributed by atoms with E-state index in [0.29, 0.717) is 11.1 Å². The third-order valence-corrected chi connectivity index (χ3v) is 7.10. The first kappa shape index (κ1) is 27.0. The van der Waals surface area contributed by atoms with Gasteiger partial charge >= 0.3 is 6.16 Å². The molecule has 0 amide bonds. The minimum atomic E-state index is -1.00. The number of hydrogen-bond acceptors (Lipinski definition) is 7. The summed E-state index contributed by atoms with van der Waals surface area (Å²) in [6.07, 6.45) is 16.8. The normalized spacial score (nSPS) is 21.6. The molecule has 38 heavy (non-hydrogen) atoms. The molecule has 0 N–H and O–H groups in total. The van der Waals surface area contributed by atoms with Gasteiger partial charge in [0.15, 0.2) is 0 Å². The monoisotopic (exact) mass is 520 g/mol. The van der Waals surface area contributed by atoms with Crippen LogP contribution in [0.25, 0.3) is 0 Å². The van der Waals surface area contributed by atoms with Crippen molar-refractivity contribution >= 4 is 17.5 Å². The van der Waals surface area contributed by atoms with Gasteiger partial charge in [-0.3, -0.25) is 20.2 Å². The Morgan fingerprint density at radius 1 is 0.684 bits per heavy atom. The maximum Gasteiger partial charge on any atom is 0.519 e. The molecular formula is C29H32N2O7. The Bertz CT molecular complexity index is 1140. The number of rotatable bonds is 6. The lowest BCUT2D eigenvalue weighted by molar-refractivity contribution is -0.385. The Morgan fingerprint density at radius 2 is 1.13 bits per heavy atom. The second kappa shape index (κ2) is 13.0. The Morgan fingerprint density at radius 3 is 1.55 bits per heavy atom. The first-order chi connectivity index (χ1) is 18.4. The third kappa shape index (κ3) is 7.06. The molecule has 2 aliphatic carbocycles. The summed E-state index contributed by atoms with van der Waals surface area (Å²) in [7, 11) is 0. The van der Waals surface area contributed by atoms with Crippen LogP contribution >= 0.6 is 0 Å². The van der Waals surface area contributed by atoms with Crippen molar-refractivity contribution in [1.82, 2.24) is 0 Å². The van der Waals surface area contributed by atoms with Crippen molar-refractivity contribution in [3.8, 4) is 11.5 Å². The molecule has 2 unspecified atom stereocenters. The molecule has 2 aliphatic rings. The molecule has 0 fully saturated rings. The molecule has 0 aliphatic heterocycles. The van der Waals surface area contributed by atoms with Crippen molar-refractivity contribution in [3.63, 3.8) is 0 Å². The largest absolute Gasteiger partial charge is 0.519 e. The van der Waals surface area contributed by atoms with E-state index < -0.39 is 16.0 Å². The quantitative estimate of drug-likeness (QED) is 0.123. The molecule has 0 heterocycles. The number of nitrogens with zero attached hydrogens (tertiary/aromatic N) is 2. The first-order valence-electron chi connectivity index (χ1n) is 13.2. The summed E-state index contributed by atoms with van der Waals surface area (Å²) >= 11 is 0. The summed E-state index contributed by atoms with van der Waals surface area (Å²) < 4.78 is 11.2. The maximum absolute atomic E-state index is 13.0. The Kier molecular flexibility index (Phi) is 9.24. The summed E-state index contributed by atoms with van der Waals surface area (Å²) in [5.74, 6) is 0.135. The van der Waals surface area contributed by atoms with E-state index in [2.05, 4.69) is 12.2 Å². The predicted molar refractivity (Wildman–Crippen MR) is 143 cm³/mol. The number of carbonyl (C=O) groups is 1. The van der Waals surface area contributed by atoms with Crippen molar-refractivity contribution in [3.05, 3.63) is 92.1 Å². The smallest absolute Gasteiger partial charge is 0.394 e. The number of nitro benzene ring substituents is 2. The molecular weight excluding hydrogens is 488 g/mol. The Balaban J connectivity index is 1.62. The van der Waals surface area contributed by atoms with Gasteiger partial charge in [0.05, 0.1) is 9.85 Å². The van der Waals surface area contributed by atoms with Crippen LogP contribution in [0, 0.1) is 20.2 Å². The molecule has 9 heteroatoms. The lowest BCUT2D eigenvalue weighted by Gasteiger charge is -2.20. The van der Waals surface area contributed by atoms with Crippen molar-refractivity contribution < 1.29 is 24.1 Å². The maximum atomic E-state index is 13.0. The van der Waals surface area contributed by atoms with Crippen molar-refractivity contribution in [2.75, 3.05) is 0 Å². The van der Waals surface area contributed by atoms with Crippen LogP contribution in [0.5, 0.6) is 11.5 Å². The fourth-order valence-electron chi connectivity index (χ4n) is 5.10. The highest BCUT2D eigenvalue weighted by molar-refractivity contribution is 5.69. The second-order valence-corrected chi connectivity index (χ2v) is 9.76. The average molecular weight is 521 g/mol. The van der Waals surface area contributed by atoms with Crippen LogP contribution in [0.2, 0.25) is 0 Å². The van der Waals surface area contributed by atoms with Gasteiger partial charge in [-0.15, -0.1) is 0 Å². The highest BCUT2D eigenvalue weighted by Gasteiger charge is 2.24. The van der Waals surface area contributed by atoms with E-state index in [1.54, 1.807) is 0 Å². The van der Waals surface area contributed by atoms with Crippen LogP contribution in [0.15, 0.2) is 60.7 Å². The van der Waals surface area contributed by atoms with Crippen LogP contribution in [0.3, 0.4) is 0 Å². The van der Waals surface area contributed by atoms with Gasteiger partial charge in [0, 0.05) is 47.2 Å². The minimum absolute atomic E-state index is 0.0788. The summed E-state index contributed by atoms with van der Waals surface area (Å²) in [5.41, 5.74) is 0.956. The highest BCUT2D eigenvalue weighted by Crippen LogP contribution is 2.38. The van der Waals surface area contributed by atoms with E-state index in [0.717, 1.165) is 64.2 Å². The van der Waals surface area contributed by atoms with E-state index in [-0.39, 0.29) is 34.7 Å². The van der Waals surface area contributed by atoms with Crippen molar-refractivity contribution in [2.24, 2.45) is 0 Å². The zero-order chi connectivity index (χ0) is 26.9. The zero-order valence-corrected chi connectivity index (χ0v) is 21.3. The number of carbonyl (C=O) groups excluding carboxylic acids is 1. The van der Waals surface area contributed by atoms with Crippen LogP contribution in [-0.4, -0.2) is 16.0 Å². The molecule has 0 radical (unpaired) electrons. The van der Waals surface area contributed by atoms with Gasteiger partial charge in [0.2, 0.25) is 0 Å². The average Bonchev–Trinajstić information content (AvgIpc) is 2.84. The fraction of sp³-hybridized carbons (Fsp3) is 0.414. The topological polar surface area (TPSA) is 122 Å². The van der Waals surface area contributed by atoms with Crippen LogP contribution in [0.1, 0.15) is 87.2 Å². The number of hydrogen-bond donors (Lipinski definition) is 0. The highest BCUT2D eigenvalue weighted by atomic mass is 16.7. The first-order valence-corrected chi connectivity index (χ1v) is 13.2. The lowest BCUT2D eigenvalue weighted by Crippen LogP contribution is -2.17. The van der Waals surface area contributed by atoms with Crippen molar-refractivity contribution in [1.29, 1.82) is 0 Å². The van der Waals surface area contributed by atoms with Gasteiger partial charge in [-0.25, -0.2) is 4.79 Å². The summed E-state index contributed by atoms with van der Waals surface area (Å²) in [6, 6.07) is 8.36. The van der Waals surface area contributed by atoms with Gasteiger partial charge in [-0.2, -0.15) is 0 Å². The minimum Gasteiger partial charge on any atom is -0.394 e. The summed E-state index contributed by atoms with van der Waals surface area (Å²) in [5, 5.41) is 22.9. The van der Waals surface area contributed by atoms with Gasteiger partial charge in [-0.05, 0) is 50.7 Å². The molecule has 0 bridgehead atoms. The van der Waals surface area contributed by atoms with Crippen LogP contribution < -0.4 is 9.47 Å². The summed E-state index contributed by atoms with van der Waals surface area (Å²) in [6.45, 7) is 0. The molecule has 0 saturated carbocycles. The van der Waals surface area contributed by atoms with E-state index in [9.17, 15) is 25.0 Å². The van der Waals surface area contributed by atoms with Gasteiger partial charge in [0.25, 0.3) is 11.4 Å². The SMILES string of the molecule is O=C(Oc1ccc([N+](=O)[O-])cc1C1/C=C\CCCCC1)Oc1ccc([N+](=O)[O-])cc1C1/C=C\CCCCC1. The molecule has 9 nitrogen and oxygen atoms in total. The van der Waals surface area contributed by atoms with Crippen LogP contribution in [-0.2, 0) is 0 Å². The van der Waals surface area contributed by atoms with Gasteiger partial charge in [-0.1, -0.05) is 50.0 Å². The number of ether oxygens (including phenoxy) is 2. The van der Waals surface area contributed by atoms with E-state index >= 15 is 0 Å². The molecule has 2 aromatic carbocycles. The number of benzene rings is 2. The predicted octanol–water partition coefficient (Wildman–Crippen LogP) is 8.29. The van der Waals surface area contributed by atoms with Crippen LogP contribution in [0.4, 0.5) is 16.2 Å². The van der Waals surface area contributed by atoms with Crippen molar-refractivity contribution in [2.45, 2.75) is 76.0 Å². The Hall–Kier alpha value is -4.01. The van der Waals surface area contributed by atoms with E-state index in [1.807, 2.05) is 12.2 Å². The standard InChI is InChI=1S/C29H32N2O7/c32-29(37-27-17-15-23(30(33)34)19-25(27)21-11-7-3-1-4-8-12-21)38-28-18-16-24(31(35)36)20-26(28)22-13-9-5-2-6-10-14-22/h7,9,11,13,15-22H,1-6,8,10,12,14H2/b11-7-,13-9-. The lowest BCUT2D eigenvalue weighted by atomic mass is 9.89. The molecule has 2 atom stereocenters.